The highest BCUT2D eigenvalue weighted by molar-refractivity contribution is 6.30. The van der Waals surface area contributed by atoms with Crippen molar-refractivity contribution in [2.45, 2.75) is 26.4 Å². The summed E-state index contributed by atoms with van der Waals surface area (Å²) in [7, 11) is 0. The van der Waals surface area contributed by atoms with Gasteiger partial charge in [0.1, 0.15) is 5.75 Å². The van der Waals surface area contributed by atoms with Gasteiger partial charge in [-0.1, -0.05) is 30.7 Å². The van der Waals surface area contributed by atoms with Crippen LogP contribution in [0.5, 0.6) is 5.75 Å². The minimum absolute atomic E-state index is 0.0456. The van der Waals surface area contributed by atoms with Crippen LogP contribution in [0.3, 0.4) is 0 Å². The number of carbonyl (C=O) groups excluding carboxylic acids is 1. The van der Waals surface area contributed by atoms with Crippen LogP contribution in [0.25, 0.3) is 0 Å². The first kappa shape index (κ1) is 18.9. The zero-order chi connectivity index (χ0) is 18.2. The summed E-state index contributed by atoms with van der Waals surface area (Å²) in [5, 5.41) is 4.76. The van der Waals surface area contributed by atoms with Crippen LogP contribution >= 0.6 is 11.6 Å². The second-order valence-corrected chi connectivity index (χ2v) is 5.59. The molecule has 0 heterocycles. The average molecular weight is 367 g/mol. The topological polar surface area (TPSA) is 50.7 Å². The molecule has 0 spiro atoms. The molecule has 1 amide bonds. The van der Waals surface area contributed by atoms with Gasteiger partial charge in [0.05, 0.1) is 5.71 Å². The molecule has 0 radical (unpaired) electrons. The van der Waals surface area contributed by atoms with E-state index in [-0.39, 0.29) is 11.7 Å². The molecule has 0 saturated heterocycles. The predicted octanol–water partition coefficient (Wildman–Crippen LogP) is 4.61. The zero-order valence-electron chi connectivity index (χ0n) is 13.5. The minimum Gasteiger partial charge on any atom is -0.435 e. The Kier molecular flexibility index (Phi) is 6.89. The number of nitrogens with one attached hydrogen (secondary N) is 1. The predicted molar refractivity (Wildman–Crippen MR) is 93.2 cm³/mol. The Morgan fingerprint density at radius 2 is 1.68 bits per heavy atom. The van der Waals surface area contributed by atoms with Gasteiger partial charge in [-0.25, -0.2) is 5.43 Å². The van der Waals surface area contributed by atoms with E-state index in [1.165, 1.54) is 12.1 Å². The third kappa shape index (κ3) is 5.83. The molecule has 0 aliphatic carbocycles. The number of benzene rings is 2. The maximum absolute atomic E-state index is 12.3. The molecule has 0 bridgehead atoms. The third-order valence-corrected chi connectivity index (χ3v) is 3.49. The summed E-state index contributed by atoms with van der Waals surface area (Å²) in [6, 6.07) is 13.0. The normalized spacial score (nSPS) is 11.5. The van der Waals surface area contributed by atoms with E-state index in [2.05, 4.69) is 15.3 Å². The molecule has 132 valence electrons. The Balaban J connectivity index is 2.31. The molecule has 0 atom stereocenters. The van der Waals surface area contributed by atoms with E-state index in [0.717, 1.165) is 5.56 Å². The van der Waals surface area contributed by atoms with Gasteiger partial charge < -0.3 is 4.74 Å². The van der Waals surface area contributed by atoms with Crippen molar-refractivity contribution >= 4 is 23.2 Å². The zero-order valence-corrected chi connectivity index (χ0v) is 14.3. The fourth-order valence-corrected chi connectivity index (χ4v) is 2.22. The van der Waals surface area contributed by atoms with Gasteiger partial charge in [0.15, 0.2) is 0 Å². The number of hydrogen-bond acceptors (Lipinski definition) is 3. The Labute approximate surface area is 149 Å². The van der Waals surface area contributed by atoms with Crippen molar-refractivity contribution in [1.29, 1.82) is 0 Å². The van der Waals surface area contributed by atoms with Gasteiger partial charge in [0, 0.05) is 22.6 Å². The van der Waals surface area contributed by atoms with E-state index in [0.29, 0.717) is 29.1 Å². The lowest BCUT2D eigenvalue weighted by Gasteiger charge is -2.10. The van der Waals surface area contributed by atoms with Crippen molar-refractivity contribution in [3.63, 3.8) is 0 Å². The number of amides is 1. The lowest BCUT2D eigenvalue weighted by atomic mass is 10.0. The van der Waals surface area contributed by atoms with Crippen molar-refractivity contribution in [3.05, 3.63) is 64.7 Å². The summed E-state index contributed by atoms with van der Waals surface area (Å²) in [6.45, 7) is -0.992. The van der Waals surface area contributed by atoms with Gasteiger partial charge in [0.25, 0.3) is 0 Å². The number of ether oxygens (including phenoxy) is 1. The highest BCUT2D eigenvalue weighted by atomic mass is 35.5. The summed E-state index contributed by atoms with van der Waals surface area (Å²) in [6.07, 6.45) is 1.07. The van der Waals surface area contributed by atoms with Crippen molar-refractivity contribution in [3.8, 4) is 5.75 Å². The van der Waals surface area contributed by atoms with E-state index in [1.807, 2.05) is 6.92 Å². The fourth-order valence-electron chi connectivity index (χ4n) is 2.10. The Morgan fingerprint density at radius 1 is 1.12 bits per heavy atom. The minimum atomic E-state index is -2.89. The molecule has 2 aromatic rings. The SMILES string of the molecule is CCCC(=O)NN=C(c1ccc(Cl)cc1)c1ccc(OC(F)F)cc1. The molecule has 4 nitrogen and oxygen atoms in total. The highest BCUT2D eigenvalue weighted by Gasteiger charge is 2.10. The number of alkyl halides is 2. The fraction of sp³-hybridized carbons (Fsp3) is 0.222. The number of nitrogens with zero attached hydrogens (tertiary/aromatic N) is 1. The Bertz CT molecular complexity index is 732. The van der Waals surface area contributed by atoms with Crippen molar-refractivity contribution in [2.75, 3.05) is 0 Å². The number of hydrazone groups is 1. The van der Waals surface area contributed by atoms with E-state index in [9.17, 15) is 13.6 Å². The molecular formula is C18H17ClF2N2O2. The molecule has 2 rings (SSSR count). The molecule has 0 aliphatic rings. The van der Waals surface area contributed by atoms with E-state index < -0.39 is 6.61 Å². The number of hydrogen-bond donors (Lipinski definition) is 1. The summed E-state index contributed by atoms with van der Waals surface area (Å²) in [5.74, 6) is -0.157. The van der Waals surface area contributed by atoms with Crippen molar-refractivity contribution < 1.29 is 18.3 Å². The third-order valence-electron chi connectivity index (χ3n) is 3.24. The molecule has 0 fully saturated rings. The average Bonchev–Trinajstić information content (AvgIpc) is 2.58. The van der Waals surface area contributed by atoms with Crippen LogP contribution < -0.4 is 10.2 Å². The van der Waals surface area contributed by atoms with Gasteiger partial charge >= 0.3 is 6.61 Å². The molecule has 0 saturated carbocycles. The van der Waals surface area contributed by atoms with Crippen LogP contribution in [0.1, 0.15) is 30.9 Å². The second kappa shape index (κ2) is 9.13. The molecule has 25 heavy (non-hydrogen) atoms. The van der Waals surface area contributed by atoms with Gasteiger partial charge in [-0.3, -0.25) is 4.79 Å². The first-order valence-corrected chi connectivity index (χ1v) is 8.05. The van der Waals surface area contributed by atoms with Crippen LogP contribution in [-0.2, 0) is 4.79 Å². The van der Waals surface area contributed by atoms with Gasteiger partial charge in [-0.05, 0) is 42.8 Å². The van der Waals surface area contributed by atoms with Crippen LogP contribution in [0.15, 0.2) is 53.6 Å². The first-order chi connectivity index (χ1) is 12.0. The van der Waals surface area contributed by atoms with Crippen LogP contribution in [-0.4, -0.2) is 18.2 Å². The molecule has 2 aromatic carbocycles. The van der Waals surface area contributed by atoms with Gasteiger partial charge in [0.2, 0.25) is 5.91 Å². The van der Waals surface area contributed by atoms with Crippen LogP contribution in [0.2, 0.25) is 5.02 Å². The Morgan fingerprint density at radius 3 is 2.20 bits per heavy atom. The monoisotopic (exact) mass is 366 g/mol. The maximum atomic E-state index is 12.3. The molecule has 1 N–H and O–H groups in total. The largest absolute Gasteiger partial charge is 0.435 e. The van der Waals surface area contributed by atoms with Gasteiger partial charge in [-0.2, -0.15) is 13.9 Å². The summed E-state index contributed by atoms with van der Waals surface area (Å²) >= 11 is 5.90. The molecule has 0 aromatic heterocycles. The van der Waals surface area contributed by atoms with Gasteiger partial charge in [-0.15, -0.1) is 0 Å². The highest BCUT2D eigenvalue weighted by Crippen LogP contribution is 2.19. The maximum Gasteiger partial charge on any atom is 0.387 e. The standard InChI is InChI=1S/C18H17ClF2N2O2/c1-2-3-16(24)22-23-17(12-4-8-14(19)9-5-12)13-6-10-15(11-7-13)25-18(20)21/h4-11,18H,2-3H2,1H3,(H,22,24). The quantitative estimate of drug-likeness (QED) is 0.574. The lowest BCUT2D eigenvalue weighted by Crippen LogP contribution is -2.20. The first-order valence-electron chi connectivity index (χ1n) is 7.67. The smallest absolute Gasteiger partial charge is 0.387 e. The number of rotatable bonds is 7. The summed E-state index contributed by atoms with van der Waals surface area (Å²) < 4.78 is 28.9. The van der Waals surface area contributed by atoms with Crippen molar-refractivity contribution in [2.24, 2.45) is 5.10 Å². The number of carbonyl (C=O) groups is 1. The van der Waals surface area contributed by atoms with Crippen LogP contribution in [0.4, 0.5) is 8.78 Å². The molecule has 0 unspecified atom stereocenters. The van der Waals surface area contributed by atoms with Crippen molar-refractivity contribution in [1.82, 2.24) is 5.43 Å². The lowest BCUT2D eigenvalue weighted by molar-refractivity contribution is -0.121. The van der Waals surface area contributed by atoms with E-state index >= 15 is 0 Å². The number of halogens is 3. The second-order valence-electron chi connectivity index (χ2n) is 5.16. The Hall–Kier alpha value is -2.47. The molecule has 7 heteroatoms. The molecule has 0 aliphatic heterocycles. The van der Waals surface area contributed by atoms with E-state index in [4.69, 9.17) is 11.6 Å². The van der Waals surface area contributed by atoms with E-state index in [1.54, 1.807) is 36.4 Å². The molecular weight excluding hydrogens is 350 g/mol. The summed E-state index contributed by atoms with van der Waals surface area (Å²) in [5.41, 5.74) is 4.36. The van der Waals surface area contributed by atoms with Crippen LogP contribution in [0, 0.1) is 0 Å². The summed E-state index contributed by atoms with van der Waals surface area (Å²) in [4.78, 5) is 11.7.